The highest BCUT2D eigenvalue weighted by Gasteiger charge is 2.28. The van der Waals surface area contributed by atoms with Gasteiger partial charge in [-0.3, -0.25) is 9.88 Å². The van der Waals surface area contributed by atoms with Gasteiger partial charge in [0.1, 0.15) is 0 Å². The molecule has 5 nitrogen and oxygen atoms in total. The van der Waals surface area contributed by atoms with Crippen molar-refractivity contribution in [1.82, 2.24) is 20.1 Å². The van der Waals surface area contributed by atoms with Crippen LogP contribution in [-0.4, -0.2) is 33.2 Å². The van der Waals surface area contributed by atoms with Crippen molar-refractivity contribution >= 4 is 0 Å². The van der Waals surface area contributed by atoms with Crippen molar-refractivity contribution in [2.45, 2.75) is 18.9 Å². The van der Waals surface area contributed by atoms with Gasteiger partial charge < -0.3 is 4.42 Å². The van der Waals surface area contributed by atoms with Crippen LogP contribution in [0, 0.1) is 0 Å². The molecule has 0 bridgehead atoms. The van der Waals surface area contributed by atoms with Crippen LogP contribution in [0.5, 0.6) is 0 Å². The monoisotopic (exact) mass is 306 g/mol. The van der Waals surface area contributed by atoms with Crippen LogP contribution in [0.4, 0.5) is 0 Å². The Morgan fingerprint density at radius 2 is 1.87 bits per heavy atom. The van der Waals surface area contributed by atoms with E-state index in [1.54, 1.807) is 12.4 Å². The van der Waals surface area contributed by atoms with Crippen LogP contribution < -0.4 is 0 Å². The number of pyridine rings is 1. The number of hydrogen-bond acceptors (Lipinski definition) is 5. The Hall–Kier alpha value is -2.53. The summed E-state index contributed by atoms with van der Waals surface area (Å²) >= 11 is 0. The summed E-state index contributed by atoms with van der Waals surface area (Å²) in [4.78, 5) is 6.45. The minimum atomic E-state index is 0.321. The fraction of sp³-hybridized carbons (Fsp3) is 0.278. The van der Waals surface area contributed by atoms with Crippen molar-refractivity contribution in [3.63, 3.8) is 0 Å². The summed E-state index contributed by atoms with van der Waals surface area (Å²) in [5, 5.41) is 8.43. The van der Waals surface area contributed by atoms with Gasteiger partial charge in [-0.15, -0.1) is 10.2 Å². The summed E-state index contributed by atoms with van der Waals surface area (Å²) in [5.41, 5.74) is 2.26. The van der Waals surface area contributed by atoms with Crippen LogP contribution in [-0.2, 0) is 6.54 Å². The van der Waals surface area contributed by atoms with Crippen molar-refractivity contribution in [3.05, 3.63) is 66.3 Å². The summed E-state index contributed by atoms with van der Waals surface area (Å²) in [6.07, 6.45) is 4.53. The van der Waals surface area contributed by atoms with Crippen molar-refractivity contribution in [2.24, 2.45) is 0 Å². The van der Waals surface area contributed by atoms with Crippen molar-refractivity contribution in [1.29, 1.82) is 0 Å². The summed E-state index contributed by atoms with van der Waals surface area (Å²) in [6.45, 7) is 3.00. The molecule has 23 heavy (non-hydrogen) atoms. The molecular weight excluding hydrogens is 288 g/mol. The lowest BCUT2D eigenvalue weighted by Gasteiger charge is -2.14. The van der Waals surface area contributed by atoms with E-state index in [4.69, 9.17) is 4.42 Å². The molecule has 2 aromatic heterocycles. The van der Waals surface area contributed by atoms with E-state index in [-0.39, 0.29) is 0 Å². The SMILES string of the molecule is c1ccc(CN2CC[C@H](c3nnc(-c4ccncc4)o3)C2)cc1. The zero-order valence-electron chi connectivity index (χ0n) is 12.8. The fourth-order valence-electron chi connectivity index (χ4n) is 3.03. The van der Waals surface area contributed by atoms with E-state index in [0.717, 1.165) is 37.5 Å². The third kappa shape index (κ3) is 3.14. The molecule has 4 rings (SSSR count). The number of aromatic nitrogens is 3. The van der Waals surface area contributed by atoms with E-state index < -0.39 is 0 Å². The lowest BCUT2D eigenvalue weighted by molar-refractivity contribution is 0.320. The standard InChI is InChI=1S/C18H18N4O/c1-2-4-14(5-3-1)12-22-11-8-16(13-22)18-21-20-17(23-18)15-6-9-19-10-7-15/h1-7,9-10,16H,8,11-13H2/t16-/m0/s1. The molecule has 116 valence electrons. The number of benzene rings is 1. The van der Waals surface area contributed by atoms with Gasteiger partial charge in [-0.25, -0.2) is 0 Å². The smallest absolute Gasteiger partial charge is 0.247 e. The van der Waals surface area contributed by atoms with Crippen molar-refractivity contribution in [2.75, 3.05) is 13.1 Å². The van der Waals surface area contributed by atoms with E-state index in [1.165, 1.54) is 5.56 Å². The second kappa shape index (κ2) is 6.30. The first kappa shape index (κ1) is 14.1. The largest absolute Gasteiger partial charge is 0.420 e. The van der Waals surface area contributed by atoms with Crippen LogP contribution in [0.3, 0.4) is 0 Å². The molecule has 1 aromatic carbocycles. The van der Waals surface area contributed by atoms with E-state index in [1.807, 2.05) is 12.1 Å². The molecule has 0 radical (unpaired) electrons. The lowest BCUT2D eigenvalue weighted by Crippen LogP contribution is -2.19. The summed E-state index contributed by atoms with van der Waals surface area (Å²) in [7, 11) is 0. The molecule has 1 atom stereocenters. The quantitative estimate of drug-likeness (QED) is 0.741. The number of rotatable bonds is 4. The first-order valence-electron chi connectivity index (χ1n) is 7.88. The Bertz CT molecular complexity index is 757. The van der Waals surface area contributed by atoms with Crippen LogP contribution in [0.15, 0.2) is 59.3 Å². The highest BCUT2D eigenvalue weighted by atomic mass is 16.4. The summed E-state index contributed by atoms with van der Waals surface area (Å²) in [5.74, 6) is 1.64. The zero-order chi connectivity index (χ0) is 15.5. The highest BCUT2D eigenvalue weighted by molar-refractivity contribution is 5.50. The summed E-state index contributed by atoms with van der Waals surface area (Å²) < 4.78 is 5.88. The predicted octanol–water partition coefficient (Wildman–Crippen LogP) is 3.12. The number of likely N-dealkylation sites (tertiary alicyclic amines) is 1. The third-order valence-corrected chi connectivity index (χ3v) is 4.24. The van der Waals surface area contributed by atoms with Gasteiger partial charge in [0.2, 0.25) is 11.8 Å². The molecule has 0 unspecified atom stereocenters. The molecule has 3 heterocycles. The average molecular weight is 306 g/mol. The van der Waals surface area contributed by atoms with Gasteiger partial charge in [0.15, 0.2) is 0 Å². The normalized spacial score (nSPS) is 18.3. The molecule has 0 spiro atoms. The van der Waals surface area contributed by atoms with E-state index >= 15 is 0 Å². The van der Waals surface area contributed by atoms with E-state index in [2.05, 4.69) is 50.4 Å². The topological polar surface area (TPSA) is 55.1 Å². The van der Waals surface area contributed by atoms with Gasteiger partial charge >= 0.3 is 0 Å². The molecule has 0 N–H and O–H groups in total. The second-order valence-corrected chi connectivity index (χ2v) is 5.89. The van der Waals surface area contributed by atoms with Crippen LogP contribution in [0.25, 0.3) is 11.5 Å². The Morgan fingerprint density at radius 1 is 1.04 bits per heavy atom. The molecule has 1 saturated heterocycles. The Labute approximate surface area is 135 Å². The van der Waals surface area contributed by atoms with E-state index in [9.17, 15) is 0 Å². The zero-order valence-corrected chi connectivity index (χ0v) is 12.8. The second-order valence-electron chi connectivity index (χ2n) is 5.89. The van der Waals surface area contributed by atoms with E-state index in [0.29, 0.717) is 11.8 Å². The number of hydrogen-bond donors (Lipinski definition) is 0. The van der Waals surface area contributed by atoms with Gasteiger partial charge in [-0.05, 0) is 30.7 Å². The molecule has 1 aliphatic heterocycles. The lowest BCUT2D eigenvalue weighted by atomic mass is 10.1. The highest BCUT2D eigenvalue weighted by Crippen LogP contribution is 2.29. The van der Waals surface area contributed by atoms with Gasteiger partial charge in [-0.2, -0.15) is 0 Å². The predicted molar refractivity (Wildman–Crippen MR) is 86.6 cm³/mol. The first-order chi connectivity index (χ1) is 11.4. The summed E-state index contributed by atoms with van der Waals surface area (Å²) in [6, 6.07) is 14.3. The fourth-order valence-corrected chi connectivity index (χ4v) is 3.03. The van der Waals surface area contributed by atoms with Gasteiger partial charge in [0, 0.05) is 31.0 Å². The minimum absolute atomic E-state index is 0.321. The van der Waals surface area contributed by atoms with Crippen LogP contribution in [0.1, 0.15) is 23.8 Å². The molecular formula is C18H18N4O. The Kier molecular flexibility index (Phi) is 3.86. The molecule has 3 aromatic rings. The molecule has 0 aliphatic carbocycles. The molecule has 1 fully saturated rings. The van der Waals surface area contributed by atoms with Crippen molar-refractivity contribution < 1.29 is 4.42 Å². The number of nitrogens with zero attached hydrogens (tertiary/aromatic N) is 4. The molecule has 0 saturated carbocycles. The van der Waals surface area contributed by atoms with Crippen LogP contribution >= 0.6 is 0 Å². The maximum atomic E-state index is 5.88. The third-order valence-electron chi connectivity index (χ3n) is 4.24. The average Bonchev–Trinajstić information content (AvgIpc) is 3.26. The van der Waals surface area contributed by atoms with Crippen molar-refractivity contribution in [3.8, 4) is 11.5 Å². The Balaban J connectivity index is 1.43. The molecule has 5 heteroatoms. The maximum Gasteiger partial charge on any atom is 0.247 e. The first-order valence-corrected chi connectivity index (χ1v) is 7.88. The van der Waals surface area contributed by atoms with Gasteiger partial charge in [0.05, 0.1) is 5.92 Å². The maximum absolute atomic E-state index is 5.88. The van der Waals surface area contributed by atoms with Gasteiger partial charge in [-0.1, -0.05) is 30.3 Å². The minimum Gasteiger partial charge on any atom is -0.420 e. The Morgan fingerprint density at radius 3 is 2.70 bits per heavy atom. The molecule has 1 aliphatic rings. The van der Waals surface area contributed by atoms with Crippen LogP contribution in [0.2, 0.25) is 0 Å². The van der Waals surface area contributed by atoms with Gasteiger partial charge in [0.25, 0.3) is 0 Å². The molecule has 0 amide bonds.